The number of nitrogens with one attached hydrogen (secondary N) is 1. The van der Waals surface area contributed by atoms with Gasteiger partial charge in [0.25, 0.3) is 0 Å². The third-order valence-electron chi connectivity index (χ3n) is 3.65. The fourth-order valence-corrected chi connectivity index (χ4v) is 2.69. The minimum absolute atomic E-state index is 0.759. The summed E-state index contributed by atoms with van der Waals surface area (Å²) in [5, 5.41) is 3.63. The van der Waals surface area contributed by atoms with E-state index in [9.17, 15) is 0 Å². The van der Waals surface area contributed by atoms with E-state index >= 15 is 0 Å². The summed E-state index contributed by atoms with van der Waals surface area (Å²) in [6.45, 7) is 10.3. The van der Waals surface area contributed by atoms with Gasteiger partial charge in [0.2, 0.25) is 0 Å². The van der Waals surface area contributed by atoms with E-state index in [1.165, 1.54) is 64.2 Å². The molecule has 0 saturated heterocycles. The lowest BCUT2D eigenvalue weighted by Crippen LogP contribution is -2.30. The predicted octanol–water partition coefficient (Wildman–Crippen LogP) is 5.54. The summed E-state index contributed by atoms with van der Waals surface area (Å²) < 4.78 is 0. The molecule has 18 heavy (non-hydrogen) atoms. The summed E-state index contributed by atoms with van der Waals surface area (Å²) in [6.07, 6.45) is 14.2. The molecule has 1 N–H and O–H groups in total. The summed E-state index contributed by atoms with van der Waals surface area (Å²) in [7, 11) is 0. The topological polar surface area (TPSA) is 12.0 Å². The van der Waals surface area contributed by atoms with Crippen molar-refractivity contribution < 1.29 is 0 Å². The molecule has 0 fully saturated rings. The van der Waals surface area contributed by atoms with Crippen molar-refractivity contribution in [3.8, 4) is 0 Å². The monoisotopic (exact) mass is 255 g/mol. The molecule has 0 radical (unpaired) electrons. The van der Waals surface area contributed by atoms with Crippen molar-refractivity contribution in [2.24, 2.45) is 5.92 Å². The molecule has 110 valence electrons. The van der Waals surface area contributed by atoms with E-state index in [4.69, 9.17) is 0 Å². The van der Waals surface area contributed by atoms with Crippen LogP contribution in [0.15, 0.2) is 0 Å². The van der Waals surface area contributed by atoms with E-state index in [0.717, 1.165) is 18.5 Å². The Bertz CT molecular complexity index is 154. The maximum atomic E-state index is 3.63. The lowest BCUT2D eigenvalue weighted by atomic mass is 9.98. The van der Waals surface area contributed by atoms with Gasteiger partial charge in [-0.15, -0.1) is 0 Å². The van der Waals surface area contributed by atoms with Crippen LogP contribution in [0.4, 0.5) is 0 Å². The third-order valence-corrected chi connectivity index (χ3v) is 3.65. The van der Waals surface area contributed by atoms with Gasteiger partial charge in [-0.05, 0) is 25.3 Å². The van der Waals surface area contributed by atoms with Gasteiger partial charge < -0.3 is 5.32 Å². The molecule has 0 amide bonds. The first-order valence-electron chi connectivity index (χ1n) is 8.44. The second kappa shape index (κ2) is 13.4. The average molecular weight is 255 g/mol. The highest BCUT2D eigenvalue weighted by Gasteiger charge is 2.08. The number of rotatable bonds is 13. The van der Waals surface area contributed by atoms with Gasteiger partial charge in [-0.2, -0.15) is 0 Å². The fourth-order valence-electron chi connectivity index (χ4n) is 2.69. The van der Waals surface area contributed by atoms with E-state index in [1.807, 2.05) is 0 Å². The average Bonchev–Trinajstić information content (AvgIpc) is 2.32. The normalized spacial score (nSPS) is 13.2. The SMILES string of the molecule is CCCCCCCCCCC(CC(C)C)NCC. The summed E-state index contributed by atoms with van der Waals surface area (Å²) in [5.41, 5.74) is 0. The highest BCUT2D eigenvalue weighted by Crippen LogP contribution is 2.14. The molecule has 0 aliphatic heterocycles. The molecule has 0 aromatic heterocycles. The first-order valence-corrected chi connectivity index (χ1v) is 8.44. The fraction of sp³-hybridized carbons (Fsp3) is 1.00. The van der Waals surface area contributed by atoms with Crippen LogP contribution < -0.4 is 5.32 Å². The van der Waals surface area contributed by atoms with Crippen molar-refractivity contribution in [3.05, 3.63) is 0 Å². The van der Waals surface area contributed by atoms with E-state index in [0.29, 0.717) is 0 Å². The molecular formula is C17H37N. The zero-order valence-electron chi connectivity index (χ0n) is 13.4. The quantitative estimate of drug-likeness (QED) is 0.426. The molecule has 0 aliphatic rings. The van der Waals surface area contributed by atoms with Gasteiger partial charge in [0.05, 0.1) is 0 Å². The largest absolute Gasteiger partial charge is 0.314 e. The number of hydrogen-bond acceptors (Lipinski definition) is 1. The van der Waals surface area contributed by atoms with E-state index in [-0.39, 0.29) is 0 Å². The molecule has 0 spiro atoms. The summed E-state index contributed by atoms with van der Waals surface area (Å²) in [6, 6.07) is 0.759. The van der Waals surface area contributed by atoms with Crippen LogP contribution >= 0.6 is 0 Å². The molecule has 0 aromatic rings. The minimum atomic E-state index is 0.759. The minimum Gasteiger partial charge on any atom is -0.314 e. The van der Waals surface area contributed by atoms with E-state index in [1.54, 1.807) is 0 Å². The molecule has 0 heterocycles. The molecule has 0 rings (SSSR count). The van der Waals surface area contributed by atoms with E-state index < -0.39 is 0 Å². The van der Waals surface area contributed by atoms with Crippen molar-refractivity contribution in [2.75, 3.05) is 6.54 Å². The van der Waals surface area contributed by atoms with Crippen LogP contribution in [-0.4, -0.2) is 12.6 Å². The zero-order valence-corrected chi connectivity index (χ0v) is 13.4. The molecule has 0 aliphatic carbocycles. The molecule has 0 aromatic carbocycles. The highest BCUT2D eigenvalue weighted by atomic mass is 14.9. The first kappa shape index (κ1) is 18.0. The Labute approximate surface area is 116 Å². The van der Waals surface area contributed by atoms with Gasteiger partial charge in [-0.25, -0.2) is 0 Å². The van der Waals surface area contributed by atoms with Crippen molar-refractivity contribution in [1.82, 2.24) is 5.32 Å². The standard InChI is InChI=1S/C17H37N/c1-5-7-8-9-10-11-12-13-14-17(18-6-2)15-16(3)4/h16-18H,5-15H2,1-4H3. The van der Waals surface area contributed by atoms with Crippen LogP contribution in [0.3, 0.4) is 0 Å². The Morgan fingerprint density at radius 2 is 1.33 bits per heavy atom. The molecule has 1 nitrogen and oxygen atoms in total. The zero-order chi connectivity index (χ0) is 13.6. The van der Waals surface area contributed by atoms with Crippen molar-refractivity contribution in [1.29, 1.82) is 0 Å². The molecular weight excluding hydrogens is 218 g/mol. The van der Waals surface area contributed by atoms with Gasteiger partial charge in [0.1, 0.15) is 0 Å². The van der Waals surface area contributed by atoms with Gasteiger partial charge in [-0.1, -0.05) is 79.1 Å². The van der Waals surface area contributed by atoms with Crippen LogP contribution in [-0.2, 0) is 0 Å². The number of unbranched alkanes of at least 4 members (excludes halogenated alkanes) is 7. The van der Waals surface area contributed by atoms with Gasteiger partial charge in [0, 0.05) is 6.04 Å². The van der Waals surface area contributed by atoms with Gasteiger partial charge in [0.15, 0.2) is 0 Å². The molecule has 1 atom stereocenters. The van der Waals surface area contributed by atoms with Crippen molar-refractivity contribution >= 4 is 0 Å². The number of hydrogen-bond donors (Lipinski definition) is 1. The highest BCUT2D eigenvalue weighted by molar-refractivity contribution is 4.67. The van der Waals surface area contributed by atoms with Crippen LogP contribution in [0.5, 0.6) is 0 Å². The third kappa shape index (κ3) is 12.4. The lowest BCUT2D eigenvalue weighted by Gasteiger charge is -2.19. The van der Waals surface area contributed by atoms with Gasteiger partial charge in [-0.3, -0.25) is 0 Å². The maximum absolute atomic E-state index is 3.63. The van der Waals surface area contributed by atoms with Crippen LogP contribution in [0.1, 0.15) is 91.9 Å². The summed E-state index contributed by atoms with van der Waals surface area (Å²) >= 11 is 0. The van der Waals surface area contributed by atoms with Crippen LogP contribution in [0, 0.1) is 5.92 Å². The predicted molar refractivity (Wildman–Crippen MR) is 84.1 cm³/mol. The molecule has 0 bridgehead atoms. The van der Waals surface area contributed by atoms with E-state index in [2.05, 4.69) is 33.0 Å². The smallest absolute Gasteiger partial charge is 0.00693 e. The maximum Gasteiger partial charge on any atom is 0.00693 e. The molecule has 1 unspecified atom stereocenters. The van der Waals surface area contributed by atoms with Gasteiger partial charge >= 0.3 is 0 Å². The Morgan fingerprint density at radius 3 is 1.83 bits per heavy atom. The summed E-state index contributed by atoms with van der Waals surface area (Å²) in [5.74, 6) is 0.822. The Kier molecular flexibility index (Phi) is 13.4. The Morgan fingerprint density at radius 1 is 0.778 bits per heavy atom. The Hall–Kier alpha value is -0.0400. The summed E-state index contributed by atoms with van der Waals surface area (Å²) in [4.78, 5) is 0. The van der Waals surface area contributed by atoms with Crippen molar-refractivity contribution in [2.45, 2.75) is 97.9 Å². The Balaban J connectivity index is 3.37. The molecule has 0 saturated carbocycles. The van der Waals surface area contributed by atoms with Crippen molar-refractivity contribution in [3.63, 3.8) is 0 Å². The second-order valence-electron chi connectivity index (χ2n) is 6.15. The lowest BCUT2D eigenvalue weighted by molar-refractivity contribution is 0.390. The van der Waals surface area contributed by atoms with Crippen LogP contribution in [0.2, 0.25) is 0 Å². The van der Waals surface area contributed by atoms with Crippen LogP contribution in [0.25, 0.3) is 0 Å². The first-order chi connectivity index (χ1) is 8.70. The second-order valence-corrected chi connectivity index (χ2v) is 6.15. The molecule has 1 heteroatoms.